The van der Waals surface area contributed by atoms with Gasteiger partial charge in [-0.1, -0.05) is 80.4 Å². The van der Waals surface area contributed by atoms with Crippen molar-refractivity contribution < 1.29 is 43.3 Å². The topological polar surface area (TPSA) is 175 Å². The molecule has 0 aromatic heterocycles. The quantitative estimate of drug-likeness (QED) is 0.0871. The van der Waals surface area contributed by atoms with Crippen molar-refractivity contribution in [3.63, 3.8) is 0 Å². The normalized spacial score (nSPS) is 11.6. The van der Waals surface area contributed by atoms with Gasteiger partial charge in [0.25, 0.3) is 5.91 Å². The molecule has 0 saturated heterocycles. The summed E-state index contributed by atoms with van der Waals surface area (Å²) in [6, 6.07) is 16.0. The lowest BCUT2D eigenvalue weighted by molar-refractivity contribution is -0.153. The average molecular weight is 634 g/mol. The first kappa shape index (κ1) is 38.1. The predicted octanol–water partition coefficient (Wildman–Crippen LogP) is 3.32. The fraction of sp³-hybridized carbons (Fsp3) is 0.452. The number of benzene rings is 2. The maximum absolute atomic E-state index is 13.3. The molecule has 2 aromatic carbocycles. The van der Waals surface area contributed by atoms with E-state index in [1.54, 1.807) is 24.3 Å². The number of carboxylic acids is 1. The van der Waals surface area contributed by atoms with Crippen LogP contribution in [0.2, 0.25) is 0 Å². The summed E-state index contributed by atoms with van der Waals surface area (Å²) < 4.78 is 14.8. The number of aliphatic carboxylic acids is 1. The summed E-state index contributed by atoms with van der Waals surface area (Å²) in [6.45, 7) is 2.69. The van der Waals surface area contributed by atoms with Crippen LogP contribution < -0.4 is 11.1 Å². The van der Waals surface area contributed by atoms with Crippen LogP contribution in [0.25, 0.3) is 0 Å². The van der Waals surface area contributed by atoms with Gasteiger partial charge in [-0.2, -0.15) is 12.6 Å². The highest BCUT2D eigenvalue weighted by atomic mass is 32.1. The SMILES string of the molecule is CCCCCNC(CS)C(=O)N(C(=O)OCc1ccccc1)C(CCC(=O)O)C(=O)OC.NCC(=O)OCc1ccccc1. The third-order valence-corrected chi connectivity index (χ3v) is 6.48. The first-order valence-electron chi connectivity index (χ1n) is 14.3. The second-order valence-electron chi connectivity index (χ2n) is 9.47. The Morgan fingerprint density at radius 1 is 0.932 bits per heavy atom. The summed E-state index contributed by atoms with van der Waals surface area (Å²) in [6.07, 6.45) is 0.993. The van der Waals surface area contributed by atoms with Crippen LogP contribution in [-0.2, 0) is 46.6 Å². The van der Waals surface area contributed by atoms with Crippen molar-refractivity contribution in [2.24, 2.45) is 5.73 Å². The average Bonchev–Trinajstić information content (AvgIpc) is 3.05. The van der Waals surface area contributed by atoms with E-state index in [-0.39, 0.29) is 31.3 Å². The Morgan fingerprint density at radius 3 is 1.98 bits per heavy atom. The van der Waals surface area contributed by atoms with Crippen molar-refractivity contribution >= 4 is 42.5 Å². The molecule has 2 rings (SSSR count). The van der Waals surface area contributed by atoms with Gasteiger partial charge in [-0.25, -0.2) is 14.5 Å². The summed E-state index contributed by atoms with van der Waals surface area (Å²) >= 11 is 4.21. The Balaban J connectivity index is 0.000000669. The van der Waals surface area contributed by atoms with Gasteiger partial charge >= 0.3 is 24.0 Å². The number of amides is 2. The Hall–Kier alpha value is -3.94. The van der Waals surface area contributed by atoms with E-state index in [0.29, 0.717) is 23.6 Å². The molecule has 44 heavy (non-hydrogen) atoms. The van der Waals surface area contributed by atoms with Gasteiger partial charge in [0.2, 0.25) is 0 Å². The van der Waals surface area contributed by atoms with Crippen LogP contribution >= 0.6 is 12.6 Å². The van der Waals surface area contributed by atoms with Crippen LogP contribution in [0.4, 0.5) is 4.79 Å². The van der Waals surface area contributed by atoms with Crippen molar-refractivity contribution in [2.75, 3.05) is 26.0 Å². The van der Waals surface area contributed by atoms with E-state index >= 15 is 0 Å². The van der Waals surface area contributed by atoms with Crippen LogP contribution in [0.3, 0.4) is 0 Å². The Labute approximate surface area is 263 Å². The first-order chi connectivity index (χ1) is 21.2. The zero-order valence-electron chi connectivity index (χ0n) is 25.2. The molecular formula is C31H43N3O9S. The Bertz CT molecular complexity index is 1150. The largest absolute Gasteiger partial charge is 0.481 e. The number of rotatable bonds is 17. The van der Waals surface area contributed by atoms with Gasteiger partial charge < -0.3 is 30.4 Å². The van der Waals surface area contributed by atoms with Gasteiger partial charge in [0, 0.05) is 12.2 Å². The highest BCUT2D eigenvalue weighted by molar-refractivity contribution is 7.80. The molecule has 0 fully saturated rings. The predicted molar refractivity (Wildman–Crippen MR) is 167 cm³/mol. The summed E-state index contributed by atoms with van der Waals surface area (Å²) in [7, 11) is 1.10. The van der Waals surface area contributed by atoms with Gasteiger partial charge in [-0.15, -0.1) is 0 Å². The number of hydrogen-bond donors (Lipinski definition) is 4. The number of methoxy groups -OCH3 is 1. The van der Waals surface area contributed by atoms with E-state index in [0.717, 1.165) is 31.9 Å². The van der Waals surface area contributed by atoms with Crippen LogP contribution in [0.5, 0.6) is 0 Å². The number of carbonyl (C=O) groups excluding carboxylic acids is 4. The fourth-order valence-corrected chi connectivity index (χ4v) is 4.04. The maximum atomic E-state index is 13.3. The second kappa shape index (κ2) is 22.6. The highest BCUT2D eigenvalue weighted by Crippen LogP contribution is 2.16. The van der Waals surface area contributed by atoms with Crippen molar-refractivity contribution in [3.05, 3.63) is 71.8 Å². The molecule has 2 unspecified atom stereocenters. The van der Waals surface area contributed by atoms with Crippen molar-refractivity contribution in [3.8, 4) is 0 Å². The molecule has 0 aliphatic carbocycles. The third kappa shape index (κ3) is 15.0. The number of unbranched alkanes of at least 4 members (excludes halogenated alkanes) is 2. The minimum absolute atomic E-state index is 0.0627. The summed E-state index contributed by atoms with van der Waals surface area (Å²) in [5.74, 6) is -3.11. The Morgan fingerprint density at radius 2 is 1.50 bits per heavy atom. The molecule has 0 bridgehead atoms. The second-order valence-corrected chi connectivity index (χ2v) is 9.83. The molecule has 2 aromatic rings. The molecule has 0 saturated carbocycles. The standard InChI is InChI=1S/C22H32N2O7S.C9H11NO2/c1-3-4-8-13-23-17(15-32)20(27)24(18(21(28)30-2)11-12-19(25)26)22(29)31-14-16-9-6-5-7-10-16;10-6-9(11)12-7-8-4-2-1-3-5-8/h5-7,9-10,17-18,23,32H,3-4,8,11-15H2,1-2H3,(H,25,26);1-5H,6-7,10H2. The smallest absolute Gasteiger partial charge is 0.417 e. The van der Waals surface area contributed by atoms with Gasteiger partial charge in [-0.05, 0) is 30.5 Å². The molecule has 13 heteroatoms. The number of esters is 2. The minimum Gasteiger partial charge on any atom is -0.481 e. The summed E-state index contributed by atoms with van der Waals surface area (Å²) in [5, 5.41) is 12.1. The molecule has 0 radical (unpaired) electrons. The van der Waals surface area contributed by atoms with E-state index in [9.17, 15) is 24.0 Å². The molecule has 12 nitrogen and oxygen atoms in total. The minimum atomic E-state index is -1.44. The highest BCUT2D eigenvalue weighted by Gasteiger charge is 2.39. The number of ether oxygens (including phenoxy) is 3. The van der Waals surface area contributed by atoms with Crippen molar-refractivity contribution in [1.82, 2.24) is 10.2 Å². The molecular weight excluding hydrogens is 590 g/mol. The van der Waals surface area contributed by atoms with E-state index in [1.807, 2.05) is 36.4 Å². The van der Waals surface area contributed by atoms with E-state index < -0.39 is 42.4 Å². The molecule has 0 aliphatic rings. The van der Waals surface area contributed by atoms with E-state index in [4.69, 9.17) is 25.1 Å². The van der Waals surface area contributed by atoms with E-state index in [1.165, 1.54) is 0 Å². The number of nitrogens with two attached hydrogens (primary N) is 1. The van der Waals surface area contributed by atoms with Crippen LogP contribution in [0.1, 0.15) is 50.2 Å². The number of carbonyl (C=O) groups is 5. The molecule has 0 spiro atoms. The monoisotopic (exact) mass is 633 g/mol. The molecule has 4 N–H and O–H groups in total. The van der Waals surface area contributed by atoms with Crippen molar-refractivity contribution in [1.29, 1.82) is 0 Å². The van der Waals surface area contributed by atoms with Gasteiger partial charge in [-0.3, -0.25) is 14.4 Å². The lowest BCUT2D eigenvalue weighted by Gasteiger charge is -2.30. The number of carboxylic acid groups (broad SMARTS) is 1. The zero-order valence-corrected chi connectivity index (χ0v) is 26.1. The van der Waals surface area contributed by atoms with Crippen LogP contribution in [0, 0.1) is 0 Å². The summed E-state index contributed by atoms with van der Waals surface area (Å²) in [4.78, 5) is 61.0. The number of nitrogens with one attached hydrogen (secondary N) is 1. The van der Waals surface area contributed by atoms with Gasteiger partial charge in [0.15, 0.2) is 0 Å². The molecule has 0 aliphatic heterocycles. The molecule has 2 atom stereocenters. The lowest BCUT2D eigenvalue weighted by Crippen LogP contribution is -2.56. The number of hydrogen-bond acceptors (Lipinski definition) is 11. The van der Waals surface area contributed by atoms with Crippen molar-refractivity contribution in [2.45, 2.75) is 64.3 Å². The van der Waals surface area contributed by atoms with Crippen LogP contribution in [0.15, 0.2) is 60.7 Å². The Kier molecular flexibility index (Phi) is 19.5. The number of nitrogens with zero attached hydrogens (tertiary/aromatic N) is 1. The molecule has 2 amide bonds. The number of imide groups is 1. The van der Waals surface area contributed by atoms with E-state index in [2.05, 4.69) is 24.9 Å². The van der Waals surface area contributed by atoms with Gasteiger partial charge in [0.05, 0.1) is 19.7 Å². The first-order valence-corrected chi connectivity index (χ1v) is 14.9. The number of thiol groups is 1. The maximum Gasteiger partial charge on any atom is 0.417 e. The van der Waals surface area contributed by atoms with Crippen LogP contribution in [-0.4, -0.2) is 78.0 Å². The zero-order chi connectivity index (χ0) is 32.7. The molecule has 0 heterocycles. The summed E-state index contributed by atoms with van der Waals surface area (Å²) in [5.41, 5.74) is 6.72. The third-order valence-electron chi connectivity index (χ3n) is 6.12. The molecule has 242 valence electrons. The van der Waals surface area contributed by atoms with Gasteiger partial charge in [0.1, 0.15) is 19.3 Å². The lowest BCUT2D eigenvalue weighted by atomic mass is 10.1. The fourth-order valence-electron chi connectivity index (χ4n) is 3.75.